The van der Waals surface area contributed by atoms with Gasteiger partial charge in [0.05, 0.1) is 0 Å². The van der Waals surface area contributed by atoms with Crippen LogP contribution >= 0.6 is 0 Å². The molecule has 1 aromatic rings. The van der Waals surface area contributed by atoms with Crippen LogP contribution in [-0.2, 0) is 5.41 Å². The normalized spacial score (nSPS) is 52.2. The van der Waals surface area contributed by atoms with Gasteiger partial charge in [-0.2, -0.15) is 0 Å². The minimum atomic E-state index is 0.652. The zero-order valence-corrected chi connectivity index (χ0v) is 10.8. The van der Waals surface area contributed by atoms with Crippen molar-refractivity contribution >= 4 is 0 Å². The van der Waals surface area contributed by atoms with Gasteiger partial charge in [-0.25, -0.2) is 0 Å². The van der Waals surface area contributed by atoms with Crippen molar-refractivity contribution in [3.63, 3.8) is 0 Å². The highest BCUT2D eigenvalue weighted by Crippen LogP contribution is 2.92. The van der Waals surface area contributed by atoms with E-state index in [2.05, 4.69) is 32.0 Å². The van der Waals surface area contributed by atoms with Crippen LogP contribution in [0, 0.1) is 37.0 Å². The van der Waals surface area contributed by atoms with E-state index in [-0.39, 0.29) is 0 Å². The van der Waals surface area contributed by atoms with Gasteiger partial charge in [-0.05, 0) is 73.8 Å². The minimum Gasteiger partial charge on any atom is -0.0590 e. The molecule has 0 aromatic heterocycles. The first-order valence-corrected chi connectivity index (χ1v) is 7.26. The molecule has 0 heteroatoms. The molecule has 4 saturated carbocycles. The summed E-state index contributed by atoms with van der Waals surface area (Å²) in [6.45, 7) is 4.58. The Kier molecular flexibility index (Phi) is 1.27. The Morgan fingerprint density at radius 3 is 2.29 bits per heavy atom. The van der Waals surface area contributed by atoms with E-state index in [1.165, 1.54) is 18.4 Å². The van der Waals surface area contributed by atoms with Gasteiger partial charge in [-0.1, -0.05) is 23.8 Å². The largest absolute Gasteiger partial charge is 0.0590 e. The summed E-state index contributed by atoms with van der Waals surface area (Å²) in [6.07, 6.45) is 6.18. The van der Waals surface area contributed by atoms with Crippen molar-refractivity contribution in [1.82, 2.24) is 0 Å². The summed E-state index contributed by atoms with van der Waals surface area (Å²) in [5.41, 5.74) is 6.23. The molecule has 4 fully saturated rings. The molecule has 0 nitrogen and oxygen atoms in total. The summed E-state index contributed by atoms with van der Waals surface area (Å²) in [7, 11) is 0. The average molecular weight is 224 g/mol. The summed E-state index contributed by atoms with van der Waals surface area (Å²) in [5.74, 6) is 3.37. The maximum Gasteiger partial charge on any atom is 0.00257 e. The van der Waals surface area contributed by atoms with Crippen molar-refractivity contribution in [1.29, 1.82) is 0 Å². The Labute approximate surface area is 103 Å². The van der Waals surface area contributed by atoms with Crippen LogP contribution in [0.5, 0.6) is 0 Å². The lowest BCUT2D eigenvalue weighted by Crippen LogP contribution is -2.87. The summed E-state index contributed by atoms with van der Waals surface area (Å²) in [5, 5.41) is 0. The Balaban J connectivity index is 1.68. The van der Waals surface area contributed by atoms with Gasteiger partial charge in [0.2, 0.25) is 0 Å². The molecule has 0 aliphatic heterocycles. The van der Waals surface area contributed by atoms with Crippen LogP contribution in [0.25, 0.3) is 0 Å². The molecule has 2 unspecified atom stereocenters. The maximum atomic E-state index is 2.50. The van der Waals surface area contributed by atoms with Crippen LogP contribution in [0.1, 0.15) is 42.4 Å². The third-order valence-electron chi connectivity index (χ3n) is 7.09. The van der Waals surface area contributed by atoms with E-state index in [1.807, 2.05) is 0 Å². The maximum absolute atomic E-state index is 2.50. The summed E-state index contributed by atoms with van der Waals surface area (Å²) in [4.78, 5) is 0. The molecule has 88 valence electrons. The van der Waals surface area contributed by atoms with E-state index >= 15 is 0 Å². The third kappa shape index (κ3) is 0.666. The smallest absolute Gasteiger partial charge is 0.00257 e. The number of benzene rings is 1. The number of aryl methyl sites for hydroxylation is 2. The molecule has 1 aromatic carbocycles. The first kappa shape index (κ1) is 9.19. The zero-order chi connectivity index (χ0) is 11.4. The molecule has 0 bridgehead atoms. The molecule has 4 aliphatic rings. The molecular formula is C17H20. The average Bonchev–Trinajstić information content (AvgIpc) is 2.18. The second-order valence-corrected chi connectivity index (χ2v) is 7.30. The predicted molar refractivity (Wildman–Crippen MR) is 69.0 cm³/mol. The van der Waals surface area contributed by atoms with Crippen LogP contribution in [0.15, 0.2) is 18.2 Å². The first-order chi connectivity index (χ1) is 8.18. The number of hydrogen-bond acceptors (Lipinski definition) is 0. The molecule has 0 N–H and O–H groups in total. The van der Waals surface area contributed by atoms with Crippen LogP contribution in [0.4, 0.5) is 0 Å². The van der Waals surface area contributed by atoms with Gasteiger partial charge in [-0.3, -0.25) is 0 Å². The van der Waals surface area contributed by atoms with Crippen LogP contribution < -0.4 is 0 Å². The molecule has 0 saturated heterocycles. The van der Waals surface area contributed by atoms with Crippen LogP contribution in [-0.4, -0.2) is 0 Å². The second kappa shape index (κ2) is 2.35. The minimum absolute atomic E-state index is 0.652. The molecule has 0 amide bonds. The van der Waals surface area contributed by atoms with Gasteiger partial charge in [0, 0.05) is 5.41 Å². The SMILES string of the molecule is Cc1ccc(C)c(C23CC4CC5CC(C2)C543)c1. The lowest BCUT2D eigenvalue weighted by Gasteiger charge is -2.91. The van der Waals surface area contributed by atoms with Crippen molar-refractivity contribution in [2.75, 3.05) is 0 Å². The van der Waals surface area contributed by atoms with Gasteiger partial charge >= 0.3 is 0 Å². The standard InChI is InChI=1S/C17H20/c1-10-3-4-11(2)15(5-10)16-8-13-6-12-7-14(9-16)17(12,13)16/h3-5,12-14H,6-9H2,1-2H3. The molecule has 4 aliphatic carbocycles. The molecule has 5 rings (SSSR count). The summed E-state index contributed by atoms with van der Waals surface area (Å²) >= 11 is 0. The fraction of sp³-hybridized carbons (Fsp3) is 0.647. The van der Waals surface area contributed by atoms with Gasteiger partial charge in [0.1, 0.15) is 0 Å². The van der Waals surface area contributed by atoms with E-state index in [1.54, 1.807) is 24.0 Å². The molecule has 1 spiro atoms. The number of hydrogen-bond donors (Lipinski definition) is 0. The van der Waals surface area contributed by atoms with E-state index in [0.29, 0.717) is 5.41 Å². The van der Waals surface area contributed by atoms with Crippen molar-refractivity contribution in [3.8, 4) is 0 Å². The highest BCUT2D eigenvalue weighted by molar-refractivity contribution is 5.51. The zero-order valence-electron chi connectivity index (χ0n) is 10.8. The topological polar surface area (TPSA) is 0 Å². The predicted octanol–water partition coefficient (Wildman–Crippen LogP) is 3.99. The Morgan fingerprint density at radius 1 is 1.00 bits per heavy atom. The van der Waals surface area contributed by atoms with Gasteiger partial charge < -0.3 is 0 Å². The highest BCUT2D eigenvalue weighted by atomic mass is 14.9. The third-order valence-corrected chi connectivity index (χ3v) is 7.09. The lowest BCUT2D eigenvalue weighted by molar-refractivity contribution is -0.395. The monoisotopic (exact) mass is 224 g/mol. The van der Waals surface area contributed by atoms with Crippen LogP contribution in [0.2, 0.25) is 0 Å². The van der Waals surface area contributed by atoms with E-state index < -0.39 is 0 Å². The van der Waals surface area contributed by atoms with E-state index in [4.69, 9.17) is 0 Å². The quantitative estimate of drug-likeness (QED) is 0.676. The second-order valence-electron chi connectivity index (χ2n) is 7.30. The van der Waals surface area contributed by atoms with E-state index in [0.717, 1.165) is 23.2 Å². The van der Waals surface area contributed by atoms with Crippen molar-refractivity contribution in [3.05, 3.63) is 34.9 Å². The van der Waals surface area contributed by atoms with Crippen molar-refractivity contribution in [2.24, 2.45) is 23.2 Å². The van der Waals surface area contributed by atoms with Crippen LogP contribution in [0.3, 0.4) is 0 Å². The highest BCUT2D eigenvalue weighted by Gasteiger charge is 2.87. The molecule has 0 heterocycles. The molecular weight excluding hydrogens is 204 g/mol. The fourth-order valence-corrected chi connectivity index (χ4v) is 6.64. The van der Waals surface area contributed by atoms with Crippen molar-refractivity contribution in [2.45, 2.75) is 44.9 Å². The Bertz CT molecular complexity index is 513. The van der Waals surface area contributed by atoms with Crippen molar-refractivity contribution < 1.29 is 0 Å². The molecule has 2 atom stereocenters. The van der Waals surface area contributed by atoms with E-state index in [9.17, 15) is 0 Å². The lowest BCUT2D eigenvalue weighted by atomic mass is 9.12. The first-order valence-electron chi connectivity index (χ1n) is 7.26. The summed E-state index contributed by atoms with van der Waals surface area (Å²) < 4.78 is 0. The molecule has 0 radical (unpaired) electrons. The Morgan fingerprint density at radius 2 is 1.71 bits per heavy atom. The van der Waals surface area contributed by atoms with Gasteiger partial charge in [0.15, 0.2) is 0 Å². The fourth-order valence-electron chi connectivity index (χ4n) is 6.64. The number of rotatable bonds is 1. The Hall–Kier alpha value is -0.780. The van der Waals surface area contributed by atoms with Gasteiger partial charge in [-0.15, -0.1) is 0 Å². The molecule has 17 heavy (non-hydrogen) atoms. The van der Waals surface area contributed by atoms with Gasteiger partial charge in [0.25, 0.3) is 0 Å². The summed E-state index contributed by atoms with van der Waals surface area (Å²) in [6, 6.07) is 7.13.